The van der Waals surface area contributed by atoms with Gasteiger partial charge in [-0.1, -0.05) is 20.8 Å². The van der Waals surface area contributed by atoms with Crippen molar-refractivity contribution in [2.45, 2.75) is 34.1 Å². The summed E-state index contributed by atoms with van der Waals surface area (Å²) in [5, 5.41) is 3.93. The number of carbonyl (C=O) groups excluding carboxylic acids is 1. The van der Waals surface area contributed by atoms with Crippen LogP contribution in [0.5, 0.6) is 0 Å². The highest BCUT2D eigenvalue weighted by atomic mass is 16.5. The van der Waals surface area contributed by atoms with E-state index in [1.165, 1.54) is 16.8 Å². The minimum Gasteiger partial charge on any atom is -0.462 e. The Morgan fingerprint density at radius 1 is 1.45 bits per heavy atom. The summed E-state index contributed by atoms with van der Waals surface area (Å²) in [5.74, 6) is -0.481. The lowest BCUT2D eigenvalue weighted by molar-refractivity contribution is 0.0528. The predicted octanol–water partition coefficient (Wildman–Crippen LogP) is 1.79. The molecule has 2 aromatic heterocycles. The summed E-state index contributed by atoms with van der Waals surface area (Å²) in [7, 11) is 0. The van der Waals surface area contributed by atoms with Crippen molar-refractivity contribution in [3.8, 4) is 0 Å². The summed E-state index contributed by atoms with van der Waals surface area (Å²) in [4.78, 5) is 26.9. The number of esters is 1. The van der Waals surface area contributed by atoms with Crippen molar-refractivity contribution >= 4 is 11.6 Å². The van der Waals surface area contributed by atoms with Gasteiger partial charge in [-0.15, -0.1) is 0 Å². The van der Waals surface area contributed by atoms with Crippen LogP contribution in [0.15, 0.2) is 17.1 Å². The molecular weight excluding hydrogens is 258 g/mol. The Labute approximate surface area is 116 Å². The maximum absolute atomic E-state index is 12.0. The van der Waals surface area contributed by atoms with Gasteiger partial charge in [-0.25, -0.2) is 4.79 Å². The van der Waals surface area contributed by atoms with E-state index in [1.807, 2.05) is 0 Å². The number of H-pyrrole nitrogens is 1. The van der Waals surface area contributed by atoms with Gasteiger partial charge in [0, 0.05) is 11.8 Å². The molecule has 108 valence electrons. The first-order valence-corrected chi connectivity index (χ1v) is 6.59. The van der Waals surface area contributed by atoms with Gasteiger partial charge < -0.3 is 9.72 Å². The first-order valence-electron chi connectivity index (χ1n) is 6.59. The topological polar surface area (TPSA) is 76.5 Å². The van der Waals surface area contributed by atoms with Crippen molar-refractivity contribution in [2.75, 3.05) is 6.61 Å². The largest absolute Gasteiger partial charge is 0.462 e. The minimum absolute atomic E-state index is 0.0331. The predicted molar refractivity (Wildman–Crippen MR) is 74.9 cm³/mol. The van der Waals surface area contributed by atoms with Crippen molar-refractivity contribution in [3.05, 3.63) is 33.9 Å². The summed E-state index contributed by atoms with van der Waals surface area (Å²) in [6.45, 7) is 8.26. The third-order valence-corrected chi connectivity index (χ3v) is 2.77. The number of rotatable bonds is 3. The van der Waals surface area contributed by atoms with Crippen LogP contribution in [0.4, 0.5) is 0 Å². The number of hydrogen-bond donors (Lipinski definition) is 1. The molecule has 0 saturated heterocycles. The second-order valence-corrected chi connectivity index (χ2v) is 5.91. The van der Waals surface area contributed by atoms with Crippen molar-refractivity contribution in [2.24, 2.45) is 5.41 Å². The molecule has 0 radical (unpaired) electrons. The maximum Gasteiger partial charge on any atom is 0.343 e. The Kier molecular flexibility index (Phi) is 3.65. The average Bonchev–Trinajstić information content (AvgIpc) is 2.71. The number of nitrogens with one attached hydrogen (secondary N) is 1. The third-order valence-electron chi connectivity index (χ3n) is 2.77. The van der Waals surface area contributed by atoms with Crippen LogP contribution in [-0.2, 0) is 11.2 Å². The molecule has 2 aromatic rings. The number of fused-ring (bicyclic) bond motifs is 1. The van der Waals surface area contributed by atoms with E-state index in [0.29, 0.717) is 12.1 Å². The molecule has 2 heterocycles. The van der Waals surface area contributed by atoms with Crippen LogP contribution in [0.2, 0.25) is 0 Å². The minimum atomic E-state index is -0.481. The molecule has 20 heavy (non-hydrogen) atoms. The van der Waals surface area contributed by atoms with Gasteiger partial charge in [0.15, 0.2) is 5.65 Å². The molecule has 6 heteroatoms. The van der Waals surface area contributed by atoms with Crippen LogP contribution in [0.1, 0.15) is 43.7 Å². The molecule has 0 spiro atoms. The lowest BCUT2D eigenvalue weighted by Gasteiger charge is -2.17. The summed E-state index contributed by atoms with van der Waals surface area (Å²) >= 11 is 0. The van der Waals surface area contributed by atoms with Crippen LogP contribution in [0.25, 0.3) is 5.65 Å². The van der Waals surface area contributed by atoms with Crippen LogP contribution in [0.3, 0.4) is 0 Å². The fourth-order valence-corrected chi connectivity index (χ4v) is 2.06. The molecule has 0 atom stereocenters. The zero-order chi connectivity index (χ0) is 14.9. The smallest absolute Gasteiger partial charge is 0.343 e. The van der Waals surface area contributed by atoms with E-state index in [4.69, 9.17) is 4.74 Å². The molecule has 0 amide bonds. The van der Waals surface area contributed by atoms with E-state index in [9.17, 15) is 9.59 Å². The molecule has 0 aliphatic heterocycles. The third kappa shape index (κ3) is 2.89. The van der Waals surface area contributed by atoms with Gasteiger partial charge in [0.05, 0.1) is 12.8 Å². The summed E-state index contributed by atoms with van der Waals surface area (Å²) < 4.78 is 6.14. The Bertz CT molecular complexity index is 692. The Hall–Kier alpha value is -2.11. The van der Waals surface area contributed by atoms with E-state index >= 15 is 0 Å². The number of aromatic nitrogens is 3. The fraction of sp³-hybridized carbons (Fsp3) is 0.500. The van der Waals surface area contributed by atoms with Crippen LogP contribution < -0.4 is 5.56 Å². The molecular formula is C14H19N3O3. The van der Waals surface area contributed by atoms with Crippen molar-refractivity contribution < 1.29 is 9.53 Å². The van der Waals surface area contributed by atoms with Gasteiger partial charge in [0.25, 0.3) is 5.56 Å². The van der Waals surface area contributed by atoms with E-state index in [2.05, 4.69) is 30.9 Å². The standard InChI is InChI=1S/C14H19N3O3/c1-5-20-13(19)10-8-15-17-11(18)6-9(16-12(10)17)7-14(2,3)4/h6,8,16H,5,7H2,1-4H3. The van der Waals surface area contributed by atoms with Crippen LogP contribution in [0, 0.1) is 5.41 Å². The monoisotopic (exact) mass is 277 g/mol. The van der Waals surface area contributed by atoms with Crippen molar-refractivity contribution in [1.82, 2.24) is 14.6 Å². The van der Waals surface area contributed by atoms with Crippen LogP contribution >= 0.6 is 0 Å². The molecule has 0 fully saturated rings. The van der Waals surface area contributed by atoms with Gasteiger partial charge >= 0.3 is 5.97 Å². The summed E-state index contributed by atoms with van der Waals surface area (Å²) in [6, 6.07) is 1.51. The number of aromatic amines is 1. The molecule has 0 aliphatic rings. The Balaban J connectivity index is 2.53. The Morgan fingerprint density at radius 2 is 2.15 bits per heavy atom. The Morgan fingerprint density at radius 3 is 2.75 bits per heavy atom. The molecule has 0 aliphatic carbocycles. The highest BCUT2D eigenvalue weighted by Crippen LogP contribution is 2.19. The molecule has 0 bridgehead atoms. The molecule has 0 unspecified atom stereocenters. The molecule has 1 N–H and O–H groups in total. The maximum atomic E-state index is 12.0. The van der Waals surface area contributed by atoms with E-state index < -0.39 is 5.97 Å². The highest BCUT2D eigenvalue weighted by molar-refractivity contribution is 5.95. The molecule has 2 rings (SSSR count). The molecule has 6 nitrogen and oxygen atoms in total. The SMILES string of the molecule is CCOC(=O)c1cnn2c(=O)cc(CC(C)(C)C)[nH]c12. The van der Waals surface area contributed by atoms with E-state index in [1.54, 1.807) is 6.92 Å². The second kappa shape index (κ2) is 5.11. The zero-order valence-electron chi connectivity index (χ0n) is 12.2. The first kappa shape index (κ1) is 14.3. The number of ether oxygens (including phenoxy) is 1. The fourth-order valence-electron chi connectivity index (χ4n) is 2.06. The van der Waals surface area contributed by atoms with Crippen LogP contribution in [-0.4, -0.2) is 27.2 Å². The van der Waals surface area contributed by atoms with Gasteiger partial charge in [0.2, 0.25) is 0 Å². The molecule has 0 aromatic carbocycles. The number of nitrogens with zero attached hydrogens (tertiary/aromatic N) is 2. The van der Waals surface area contributed by atoms with E-state index in [-0.39, 0.29) is 23.1 Å². The van der Waals surface area contributed by atoms with Crippen molar-refractivity contribution in [1.29, 1.82) is 0 Å². The zero-order valence-corrected chi connectivity index (χ0v) is 12.2. The molecule has 0 saturated carbocycles. The van der Waals surface area contributed by atoms with Gasteiger partial charge in [-0.3, -0.25) is 4.79 Å². The lowest BCUT2D eigenvalue weighted by Crippen LogP contribution is -2.19. The van der Waals surface area contributed by atoms with Crippen molar-refractivity contribution in [3.63, 3.8) is 0 Å². The summed E-state index contributed by atoms with van der Waals surface area (Å²) in [5.41, 5.74) is 1.22. The van der Waals surface area contributed by atoms with Gasteiger partial charge in [-0.2, -0.15) is 9.61 Å². The number of hydrogen-bond acceptors (Lipinski definition) is 4. The number of carbonyl (C=O) groups is 1. The van der Waals surface area contributed by atoms with E-state index in [0.717, 1.165) is 5.69 Å². The van der Waals surface area contributed by atoms with Gasteiger partial charge in [-0.05, 0) is 18.8 Å². The summed E-state index contributed by atoms with van der Waals surface area (Å²) in [6.07, 6.45) is 2.05. The average molecular weight is 277 g/mol. The normalized spacial score (nSPS) is 11.8. The highest BCUT2D eigenvalue weighted by Gasteiger charge is 2.18. The quantitative estimate of drug-likeness (QED) is 0.868. The van der Waals surface area contributed by atoms with Gasteiger partial charge in [0.1, 0.15) is 5.56 Å². The first-order chi connectivity index (χ1) is 9.31. The second-order valence-electron chi connectivity index (χ2n) is 5.91. The lowest BCUT2D eigenvalue weighted by atomic mass is 9.90.